The highest BCUT2D eigenvalue weighted by Crippen LogP contribution is 2.25. The number of benzene rings is 2. The van der Waals surface area contributed by atoms with E-state index >= 15 is 0 Å². The van der Waals surface area contributed by atoms with Gasteiger partial charge in [-0.2, -0.15) is 0 Å². The molecule has 6 nitrogen and oxygen atoms in total. The summed E-state index contributed by atoms with van der Waals surface area (Å²) in [6.07, 6.45) is 5.12. The van der Waals surface area contributed by atoms with E-state index in [1.165, 1.54) is 54.3 Å². The second-order valence-corrected chi connectivity index (χ2v) is 8.88. The lowest BCUT2D eigenvalue weighted by Gasteiger charge is -2.22. The number of hydrogen-bond donors (Lipinski definition) is 1. The molecule has 1 fully saturated rings. The van der Waals surface area contributed by atoms with Crippen molar-refractivity contribution in [2.24, 2.45) is 0 Å². The van der Waals surface area contributed by atoms with Gasteiger partial charge >= 0.3 is 0 Å². The third-order valence-electron chi connectivity index (χ3n) is 5.61. The van der Waals surface area contributed by atoms with Gasteiger partial charge < -0.3 is 14.6 Å². The highest BCUT2D eigenvalue weighted by molar-refractivity contribution is 7.99. The van der Waals surface area contributed by atoms with Crippen molar-refractivity contribution in [3.05, 3.63) is 53.6 Å². The Morgan fingerprint density at radius 2 is 1.74 bits per heavy atom. The van der Waals surface area contributed by atoms with E-state index in [9.17, 15) is 4.79 Å². The largest absolute Gasteiger partial charge is 0.411 e. The summed E-state index contributed by atoms with van der Waals surface area (Å²) in [5.41, 5.74) is 5.29. The maximum absolute atomic E-state index is 12.3. The highest BCUT2D eigenvalue weighted by Gasteiger charge is 2.13. The summed E-state index contributed by atoms with van der Waals surface area (Å²) in [6, 6.07) is 14.1. The van der Waals surface area contributed by atoms with E-state index in [0.717, 1.165) is 24.3 Å². The molecule has 1 aliphatic heterocycles. The number of aromatic nitrogens is 2. The molecule has 0 radical (unpaired) electrons. The summed E-state index contributed by atoms with van der Waals surface area (Å²) in [7, 11) is 0. The molecule has 0 unspecified atom stereocenters. The lowest BCUT2D eigenvalue weighted by molar-refractivity contribution is -0.113. The van der Waals surface area contributed by atoms with Crippen molar-refractivity contribution in [3.63, 3.8) is 0 Å². The van der Waals surface area contributed by atoms with Crippen LogP contribution < -0.4 is 10.2 Å². The standard InChI is InChI=1S/C24H28N4O2S/c1-17-7-8-19(15-18(17)2)23-26-27-24(30-23)31-16-22(29)25-20-9-11-21(12-10-20)28-13-5-3-4-6-14-28/h7-12,15H,3-6,13-14,16H2,1-2H3,(H,25,29). The van der Waals surface area contributed by atoms with Gasteiger partial charge in [0.1, 0.15) is 0 Å². The first-order valence-corrected chi connectivity index (χ1v) is 11.8. The lowest BCUT2D eigenvalue weighted by atomic mass is 10.1. The highest BCUT2D eigenvalue weighted by atomic mass is 32.2. The second kappa shape index (κ2) is 10.0. The smallest absolute Gasteiger partial charge is 0.277 e. The Morgan fingerprint density at radius 3 is 2.45 bits per heavy atom. The molecule has 0 saturated carbocycles. The minimum Gasteiger partial charge on any atom is -0.411 e. The topological polar surface area (TPSA) is 71.3 Å². The maximum Gasteiger partial charge on any atom is 0.277 e. The molecule has 1 aliphatic rings. The summed E-state index contributed by atoms with van der Waals surface area (Å²) in [5.74, 6) is 0.580. The molecule has 1 amide bonds. The Hall–Kier alpha value is -2.80. The number of amides is 1. The van der Waals surface area contributed by atoms with Crippen LogP contribution in [0.1, 0.15) is 36.8 Å². The first-order chi connectivity index (χ1) is 15.1. The third kappa shape index (κ3) is 5.67. The number of thioether (sulfide) groups is 1. The van der Waals surface area contributed by atoms with Crippen LogP contribution in [0.3, 0.4) is 0 Å². The number of rotatable bonds is 6. The van der Waals surface area contributed by atoms with Gasteiger partial charge in [-0.25, -0.2) is 0 Å². The van der Waals surface area contributed by atoms with Crippen molar-refractivity contribution in [1.29, 1.82) is 0 Å². The molecule has 1 aromatic heterocycles. The van der Waals surface area contributed by atoms with Gasteiger partial charge in [-0.15, -0.1) is 10.2 Å². The molecule has 2 heterocycles. The minimum absolute atomic E-state index is 0.0987. The van der Waals surface area contributed by atoms with Crippen LogP contribution in [-0.4, -0.2) is 34.9 Å². The van der Waals surface area contributed by atoms with Crippen LogP contribution in [0.25, 0.3) is 11.5 Å². The summed E-state index contributed by atoms with van der Waals surface area (Å²) < 4.78 is 5.71. The van der Waals surface area contributed by atoms with Crippen molar-refractivity contribution in [2.75, 3.05) is 29.1 Å². The number of carbonyl (C=O) groups is 1. The molecule has 0 atom stereocenters. The zero-order valence-corrected chi connectivity index (χ0v) is 18.9. The van der Waals surface area contributed by atoms with Crippen molar-refractivity contribution in [2.45, 2.75) is 44.8 Å². The summed E-state index contributed by atoms with van der Waals surface area (Å²) in [5, 5.41) is 11.5. The fraction of sp³-hybridized carbons (Fsp3) is 0.375. The first-order valence-electron chi connectivity index (χ1n) is 10.8. The van der Waals surface area contributed by atoms with Crippen LogP contribution in [-0.2, 0) is 4.79 Å². The van der Waals surface area contributed by atoms with Gasteiger partial charge in [0.25, 0.3) is 5.22 Å². The number of aryl methyl sites for hydroxylation is 2. The van der Waals surface area contributed by atoms with Crippen molar-refractivity contribution < 1.29 is 9.21 Å². The quantitative estimate of drug-likeness (QED) is 0.517. The number of nitrogens with one attached hydrogen (secondary N) is 1. The van der Waals surface area contributed by atoms with E-state index in [4.69, 9.17) is 4.42 Å². The van der Waals surface area contributed by atoms with Gasteiger partial charge in [0.15, 0.2) is 0 Å². The predicted molar refractivity (Wildman–Crippen MR) is 126 cm³/mol. The van der Waals surface area contributed by atoms with Crippen molar-refractivity contribution >= 4 is 29.0 Å². The van der Waals surface area contributed by atoms with Crippen molar-refractivity contribution in [1.82, 2.24) is 10.2 Å². The normalized spacial score (nSPS) is 14.3. The SMILES string of the molecule is Cc1ccc(-c2nnc(SCC(=O)Nc3ccc(N4CCCCCC4)cc3)o2)cc1C. The minimum atomic E-state index is -0.0987. The van der Waals surface area contributed by atoms with E-state index in [2.05, 4.69) is 46.4 Å². The molecule has 162 valence electrons. The van der Waals surface area contributed by atoms with Crippen LogP contribution in [0.2, 0.25) is 0 Å². The van der Waals surface area contributed by atoms with E-state index in [1.54, 1.807) is 0 Å². The number of carbonyl (C=O) groups excluding carboxylic acids is 1. The summed E-state index contributed by atoms with van der Waals surface area (Å²) in [6.45, 7) is 6.33. The Kier molecular flexibility index (Phi) is 6.92. The molecule has 31 heavy (non-hydrogen) atoms. The van der Waals surface area contributed by atoms with Gasteiger partial charge in [-0.05, 0) is 74.2 Å². The van der Waals surface area contributed by atoms with Gasteiger partial charge in [0.05, 0.1) is 5.75 Å². The Bertz CT molecular complexity index is 1020. The van der Waals surface area contributed by atoms with E-state index in [1.807, 2.05) is 30.3 Å². The molecular weight excluding hydrogens is 408 g/mol. The first kappa shape index (κ1) is 21.4. The second-order valence-electron chi connectivity index (χ2n) is 7.96. The molecule has 1 saturated heterocycles. The van der Waals surface area contributed by atoms with Crippen molar-refractivity contribution in [3.8, 4) is 11.5 Å². The lowest BCUT2D eigenvalue weighted by Crippen LogP contribution is -2.23. The Balaban J connectivity index is 1.29. The van der Waals surface area contributed by atoms with Crippen LogP contribution in [0, 0.1) is 13.8 Å². The van der Waals surface area contributed by atoms with E-state index in [-0.39, 0.29) is 11.7 Å². The molecule has 1 N–H and O–H groups in total. The van der Waals surface area contributed by atoms with E-state index < -0.39 is 0 Å². The zero-order chi connectivity index (χ0) is 21.6. The summed E-state index contributed by atoms with van der Waals surface area (Å²) in [4.78, 5) is 14.8. The molecule has 4 rings (SSSR count). The van der Waals surface area contributed by atoms with Crippen LogP contribution in [0.15, 0.2) is 52.1 Å². The number of hydrogen-bond acceptors (Lipinski definition) is 6. The number of anilines is 2. The maximum atomic E-state index is 12.3. The van der Waals surface area contributed by atoms with Crippen LogP contribution >= 0.6 is 11.8 Å². The third-order valence-corrected chi connectivity index (χ3v) is 6.43. The predicted octanol–water partition coefficient (Wildman–Crippen LogP) is 5.46. The van der Waals surface area contributed by atoms with Gasteiger partial charge in [0.2, 0.25) is 11.8 Å². The molecule has 3 aromatic rings. The average molecular weight is 437 g/mol. The monoisotopic (exact) mass is 436 g/mol. The molecule has 0 bridgehead atoms. The molecule has 2 aromatic carbocycles. The van der Waals surface area contributed by atoms with Gasteiger partial charge in [0, 0.05) is 30.0 Å². The van der Waals surface area contributed by atoms with Gasteiger partial charge in [-0.3, -0.25) is 4.79 Å². The zero-order valence-electron chi connectivity index (χ0n) is 18.1. The molecule has 0 spiro atoms. The molecule has 0 aliphatic carbocycles. The summed E-state index contributed by atoms with van der Waals surface area (Å²) >= 11 is 1.24. The fourth-order valence-corrected chi connectivity index (χ4v) is 4.23. The Labute approximate surface area is 187 Å². The molecular formula is C24H28N4O2S. The van der Waals surface area contributed by atoms with E-state index in [0.29, 0.717) is 11.1 Å². The molecule has 7 heteroatoms. The number of nitrogens with zero attached hydrogens (tertiary/aromatic N) is 3. The Morgan fingerprint density at radius 1 is 1.00 bits per heavy atom. The average Bonchev–Trinajstić information content (AvgIpc) is 3.08. The van der Waals surface area contributed by atoms with Gasteiger partial charge in [-0.1, -0.05) is 30.7 Å². The van der Waals surface area contributed by atoms with Crippen LogP contribution in [0.5, 0.6) is 0 Å². The van der Waals surface area contributed by atoms with Crippen LogP contribution in [0.4, 0.5) is 11.4 Å². The fourth-order valence-electron chi connectivity index (χ4n) is 3.67.